The zero-order valence-electron chi connectivity index (χ0n) is 13.5. The fraction of sp³-hybridized carbons (Fsp3) is 0.389. The van der Waals surface area contributed by atoms with Crippen molar-refractivity contribution in [3.8, 4) is 0 Å². The maximum atomic E-state index is 5.96. The maximum absolute atomic E-state index is 5.96. The molecule has 24 heavy (non-hydrogen) atoms. The Balaban J connectivity index is 1.66. The van der Waals surface area contributed by atoms with Crippen molar-refractivity contribution in [2.75, 3.05) is 18.0 Å². The zero-order chi connectivity index (χ0) is 16.4. The summed E-state index contributed by atoms with van der Waals surface area (Å²) in [5.41, 5.74) is 2.04. The van der Waals surface area contributed by atoms with Gasteiger partial charge in [0.05, 0.1) is 18.1 Å². The van der Waals surface area contributed by atoms with E-state index in [-0.39, 0.29) is 0 Å². The van der Waals surface area contributed by atoms with Crippen LogP contribution < -0.4 is 4.90 Å². The molecule has 3 heterocycles. The predicted molar refractivity (Wildman–Crippen MR) is 96.6 cm³/mol. The number of benzene rings is 1. The van der Waals surface area contributed by atoms with Gasteiger partial charge in [0.2, 0.25) is 0 Å². The first kappa shape index (κ1) is 15.4. The number of aromatic nitrogens is 4. The van der Waals surface area contributed by atoms with Crippen LogP contribution in [0.5, 0.6) is 0 Å². The smallest absolute Gasteiger partial charge is 0.163 e. The van der Waals surface area contributed by atoms with Crippen LogP contribution in [-0.2, 0) is 6.54 Å². The number of hydrogen-bond acceptors (Lipinski definition) is 4. The number of fused-ring (bicyclic) bond motifs is 1. The van der Waals surface area contributed by atoms with Crippen LogP contribution in [-0.4, -0.2) is 32.8 Å². The second-order valence-corrected chi connectivity index (χ2v) is 6.70. The summed E-state index contributed by atoms with van der Waals surface area (Å²) < 4.78 is 1.93. The molecule has 3 aromatic rings. The van der Waals surface area contributed by atoms with Gasteiger partial charge in [-0.05, 0) is 30.5 Å². The van der Waals surface area contributed by atoms with Crippen LogP contribution in [0.2, 0.25) is 5.02 Å². The summed E-state index contributed by atoms with van der Waals surface area (Å²) in [6, 6.07) is 7.85. The van der Waals surface area contributed by atoms with E-state index in [0.717, 1.165) is 40.5 Å². The molecule has 0 aliphatic carbocycles. The topological polar surface area (TPSA) is 46.8 Å². The summed E-state index contributed by atoms with van der Waals surface area (Å²) in [7, 11) is 0. The van der Waals surface area contributed by atoms with Gasteiger partial charge in [-0.3, -0.25) is 0 Å². The van der Waals surface area contributed by atoms with Gasteiger partial charge in [-0.25, -0.2) is 14.6 Å². The first-order valence-electron chi connectivity index (χ1n) is 8.47. The Morgan fingerprint density at radius 2 is 1.71 bits per heavy atom. The lowest BCUT2D eigenvalue weighted by atomic mass is 10.2. The summed E-state index contributed by atoms with van der Waals surface area (Å²) in [6.07, 6.45) is 8.62. The molecule has 6 heteroatoms. The molecule has 1 aromatic carbocycles. The normalized spacial score (nSPS) is 15.6. The highest BCUT2D eigenvalue weighted by atomic mass is 35.5. The molecule has 1 aliphatic heterocycles. The van der Waals surface area contributed by atoms with Crippen molar-refractivity contribution in [1.82, 2.24) is 19.7 Å². The van der Waals surface area contributed by atoms with E-state index in [1.807, 2.05) is 35.1 Å². The zero-order valence-corrected chi connectivity index (χ0v) is 14.3. The van der Waals surface area contributed by atoms with Gasteiger partial charge in [0.15, 0.2) is 5.65 Å². The molecule has 0 spiro atoms. The third-order valence-electron chi connectivity index (χ3n) is 4.56. The van der Waals surface area contributed by atoms with Crippen molar-refractivity contribution in [2.45, 2.75) is 32.2 Å². The second kappa shape index (κ2) is 6.77. The summed E-state index contributed by atoms with van der Waals surface area (Å²) >= 11 is 5.96. The quantitative estimate of drug-likeness (QED) is 0.724. The standard InChI is InChI=1S/C18H20ClN5/c19-15-7-5-14(6-8-15)12-24-18-16(11-22-24)17(20-13-21-18)23-9-3-1-2-4-10-23/h5-8,11,13H,1-4,9-10,12H2. The molecular formula is C18H20ClN5. The van der Waals surface area contributed by atoms with Crippen LogP contribution in [0.4, 0.5) is 5.82 Å². The van der Waals surface area contributed by atoms with Crippen molar-refractivity contribution in [1.29, 1.82) is 0 Å². The molecule has 1 fully saturated rings. The van der Waals surface area contributed by atoms with Crippen LogP contribution in [0.1, 0.15) is 31.2 Å². The molecule has 0 atom stereocenters. The van der Waals surface area contributed by atoms with Crippen LogP contribution >= 0.6 is 11.6 Å². The minimum atomic E-state index is 0.678. The third kappa shape index (κ3) is 3.08. The van der Waals surface area contributed by atoms with Gasteiger partial charge in [-0.15, -0.1) is 0 Å². The van der Waals surface area contributed by atoms with E-state index >= 15 is 0 Å². The molecule has 0 N–H and O–H groups in total. The van der Waals surface area contributed by atoms with E-state index < -0.39 is 0 Å². The van der Waals surface area contributed by atoms with Crippen LogP contribution in [0.25, 0.3) is 11.0 Å². The Labute approximate surface area is 146 Å². The molecule has 0 amide bonds. The van der Waals surface area contributed by atoms with Crippen molar-refractivity contribution < 1.29 is 0 Å². The van der Waals surface area contributed by atoms with Gasteiger partial charge in [-0.1, -0.05) is 36.6 Å². The van der Waals surface area contributed by atoms with Gasteiger partial charge in [-0.2, -0.15) is 5.10 Å². The lowest BCUT2D eigenvalue weighted by Crippen LogP contribution is -2.25. The number of hydrogen-bond donors (Lipinski definition) is 0. The third-order valence-corrected chi connectivity index (χ3v) is 4.82. The predicted octanol–water partition coefficient (Wildman–Crippen LogP) is 3.91. The molecule has 0 unspecified atom stereocenters. The summed E-state index contributed by atoms with van der Waals surface area (Å²) in [6.45, 7) is 2.81. The number of rotatable bonds is 3. The van der Waals surface area contributed by atoms with E-state index in [2.05, 4.69) is 20.0 Å². The van der Waals surface area contributed by atoms with Gasteiger partial charge < -0.3 is 4.90 Å². The highest BCUT2D eigenvalue weighted by Crippen LogP contribution is 2.25. The van der Waals surface area contributed by atoms with Crippen LogP contribution in [0.3, 0.4) is 0 Å². The minimum absolute atomic E-state index is 0.678. The Morgan fingerprint density at radius 1 is 0.958 bits per heavy atom. The average Bonchev–Trinajstić information content (AvgIpc) is 2.83. The van der Waals surface area contributed by atoms with Gasteiger partial charge >= 0.3 is 0 Å². The van der Waals surface area contributed by atoms with Gasteiger partial charge in [0.1, 0.15) is 12.1 Å². The first-order chi connectivity index (χ1) is 11.8. The van der Waals surface area contributed by atoms with E-state index in [9.17, 15) is 0 Å². The van der Waals surface area contributed by atoms with E-state index in [1.165, 1.54) is 25.7 Å². The number of nitrogens with zero attached hydrogens (tertiary/aromatic N) is 5. The average molecular weight is 342 g/mol. The van der Waals surface area contributed by atoms with Crippen molar-refractivity contribution >= 4 is 28.5 Å². The molecule has 124 valence electrons. The van der Waals surface area contributed by atoms with Gasteiger partial charge in [0.25, 0.3) is 0 Å². The Kier molecular flexibility index (Phi) is 4.34. The molecule has 5 nitrogen and oxygen atoms in total. The van der Waals surface area contributed by atoms with E-state index in [0.29, 0.717) is 6.54 Å². The Morgan fingerprint density at radius 3 is 2.46 bits per heavy atom. The highest BCUT2D eigenvalue weighted by Gasteiger charge is 2.17. The molecule has 2 aromatic heterocycles. The summed E-state index contributed by atoms with van der Waals surface area (Å²) in [5, 5.41) is 6.33. The minimum Gasteiger partial charge on any atom is -0.356 e. The fourth-order valence-corrected chi connectivity index (χ4v) is 3.42. The van der Waals surface area contributed by atoms with E-state index in [4.69, 9.17) is 11.6 Å². The number of anilines is 1. The van der Waals surface area contributed by atoms with Crippen molar-refractivity contribution in [2.24, 2.45) is 0 Å². The van der Waals surface area contributed by atoms with Gasteiger partial charge in [0, 0.05) is 18.1 Å². The van der Waals surface area contributed by atoms with Crippen LogP contribution in [0.15, 0.2) is 36.8 Å². The van der Waals surface area contributed by atoms with Crippen molar-refractivity contribution in [3.63, 3.8) is 0 Å². The highest BCUT2D eigenvalue weighted by molar-refractivity contribution is 6.30. The molecule has 0 saturated carbocycles. The summed E-state index contributed by atoms with van der Waals surface area (Å²) in [4.78, 5) is 11.4. The monoisotopic (exact) mass is 341 g/mol. The fourth-order valence-electron chi connectivity index (χ4n) is 3.29. The molecule has 4 rings (SSSR count). The molecule has 0 bridgehead atoms. The maximum Gasteiger partial charge on any atom is 0.163 e. The number of halogens is 1. The Hall–Kier alpha value is -2.14. The Bertz CT molecular complexity index is 819. The van der Waals surface area contributed by atoms with E-state index in [1.54, 1.807) is 6.33 Å². The molecule has 0 radical (unpaired) electrons. The van der Waals surface area contributed by atoms with Crippen molar-refractivity contribution in [3.05, 3.63) is 47.4 Å². The van der Waals surface area contributed by atoms with Crippen LogP contribution in [0, 0.1) is 0 Å². The lowest BCUT2D eigenvalue weighted by molar-refractivity contribution is 0.703. The first-order valence-corrected chi connectivity index (χ1v) is 8.85. The summed E-state index contributed by atoms with van der Waals surface area (Å²) in [5.74, 6) is 1.02. The second-order valence-electron chi connectivity index (χ2n) is 6.26. The molecule has 1 aliphatic rings. The molecule has 1 saturated heterocycles. The molecular weight excluding hydrogens is 322 g/mol. The largest absolute Gasteiger partial charge is 0.356 e. The lowest BCUT2D eigenvalue weighted by Gasteiger charge is -2.21. The SMILES string of the molecule is Clc1ccc(Cn2ncc3c(N4CCCCCC4)ncnc32)cc1.